The average Bonchev–Trinajstić information content (AvgIpc) is 4.27. The van der Waals surface area contributed by atoms with Crippen molar-refractivity contribution in [1.29, 1.82) is 0 Å². The zero-order chi connectivity index (χ0) is 51.8. The van der Waals surface area contributed by atoms with Crippen LogP contribution in [-0.4, -0.2) is 147 Å². The third kappa shape index (κ3) is 14.1. The van der Waals surface area contributed by atoms with E-state index in [0.29, 0.717) is 42.3 Å². The molecule has 5 aromatic rings. The van der Waals surface area contributed by atoms with Crippen molar-refractivity contribution in [2.24, 2.45) is 5.11 Å². The Kier molecular flexibility index (Phi) is 19.9. The highest BCUT2D eigenvalue weighted by atomic mass is 19.1. The highest BCUT2D eigenvalue weighted by Gasteiger charge is 2.38. The summed E-state index contributed by atoms with van der Waals surface area (Å²) in [5.41, 5.74) is 13.4. The Labute approximate surface area is 445 Å². The molecule has 402 valence electrons. The van der Waals surface area contributed by atoms with Crippen molar-refractivity contribution in [2.45, 2.75) is 191 Å². The van der Waals surface area contributed by atoms with Gasteiger partial charge in [0.25, 0.3) is 0 Å². The number of piperidine rings is 8. The van der Waals surface area contributed by atoms with Crippen LogP contribution in [0.5, 0.6) is 0 Å². The minimum absolute atomic E-state index is 0.221. The molecule has 3 aromatic heterocycles. The molecule has 8 aliphatic rings. The van der Waals surface area contributed by atoms with Crippen LogP contribution in [0, 0.1) is 25.1 Å². The van der Waals surface area contributed by atoms with Gasteiger partial charge in [0.05, 0.1) is 42.3 Å². The second kappa shape index (κ2) is 27.5. The van der Waals surface area contributed by atoms with Crippen LogP contribution in [0.15, 0.2) is 78.3 Å². The van der Waals surface area contributed by atoms with Crippen LogP contribution >= 0.6 is 0 Å². The van der Waals surface area contributed by atoms with Crippen LogP contribution < -0.4 is 0 Å². The Balaban J connectivity index is 0.000000122. The fourth-order valence-electron chi connectivity index (χ4n) is 13.7. The molecule has 0 bridgehead atoms. The molecule has 75 heavy (non-hydrogen) atoms. The fourth-order valence-corrected chi connectivity index (χ4v) is 13.7. The van der Waals surface area contributed by atoms with Crippen LogP contribution in [0.1, 0.15) is 159 Å². The molecule has 4 unspecified atom stereocenters. The van der Waals surface area contributed by atoms with Gasteiger partial charge < -0.3 is 0 Å². The van der Waals surface area contributed by atoms with Crippen LogP contribution in [0.2, 0.25) is 0 Å². The molecular formula is C58H83FN16. The molecule has 11 heterocycles. The summed E-state index contributed by atoms with van der Waals surface area (Å²) < 4.78 is 19.3. The maximum absolute atomic E-state index is 13.0. The van der Waals surface area contributed by atoms with E-state index >= 15 is 0 Å². The monoisotopic (exact) mass is 1020 g/mol. The van der Waals surface area contributed by atoms with Gasteiger partial charge in [0.1, 0.15) is 17.2 Å². The number of aryl methyl sites for hydroxylation is 1. The van der Waals surface area contributed by atoms with Crippen LogP contribution in [0.25, 0.3) is 33.0 Å². The van der Waals surface area contributed by atoms with Gasteiger partial charge in [0.15, 0.2) is 0 Å². The third-order valence-corrected chi connectivity index (χ3v) is 17.3. The van der Waals surface area contributed by atoms with Gasteiger partial charge in [0, 0.05) is 46.4 Å². The Hall–Kier alpha value is -5.50. The molecule has 0 saturated carbocycles. The van der Waals surface area contributed by atoms with Crippen LogP contribution in [-0.2, 0) is 0 Å². The molecule has 8 fully saturated rings. The van der Waals surface area contributed by atoms with Gasteiger partial charge in [-0.3, -0.25) is 19.6 Å². The third-order valence-electron chi connectivity index (χ3n) is 17.3. The topological polar surface area (TPSA) is 154 Å². The summed E-state index contributed by atoms with van der Waals surface area (Å²) in [7, 11) is 0. The van der Waals surface area contributed by atoms with Gasteiger partial charge in [-0.1, -0.05) is 76.8 Å². The molecule has 0 aliphatic carbocycles. The van der Waals surface area contributed by atoms with Crippen molar-refractivity contribution in [3.05, 3.63) is 95.1 Å². The maximum atomic E-state index is 13.0. The molecule has 8 saturated heterocycles. The summed E-state index contributed by atoms with van der Waals surface area (Å²) in [5.74, 6) is 2.03. The predicted octanol–water partition coefficient (Wildman–Crippen LogP) is 11.1. The first-order chi connectivity index (χ1) is 36.9. The van der Waals surface area contributed by atoms with E-state index in [4.69, 9.17) is 5.53 Å². The van der Waals surface area contributed by atoms with Crippen LogP contribution in [0.4, 0.5) is 4.39 Å². The number of rotatable bonds is 6. The maximum Gasteiger partial charge on any atom is 0.123 e. The van der Waals surface area contributed by atoms with E-state index in [9.17, 15) is 4.39 Å². The quantitative estimate of drug-likeness (QED) is 0.0695. The van der Waals surface area contributed by atoms with Crippen LogP contribution in [0.3, 0.4) is 0 Å². The zero-order valence-electron chi connectivity index (χ0n) is 45.0. The van der Waals surface area contributed by atoms with Gasteiger partial charge in [0.2, 0.25) is 0 Å². The summed E-state index contributed by atoms with van der Waals surface area (Å²) in [6.07, 6.45) is 36.5. The number of aromatic nitrogens is 9. The molecule has 8 aliphatic heterocycles. The standard InChI is InChI=1S/C17H21FN4.C17H22N4.C12H20N4.C9H16N4.C3H4/c18-14-8-6-13(7-9-14)15-12-22(20-19-15)17-5-3-11-21-10-2-1-4-16(17)21;1-2-7-14(8-3-1)15-13-21(19-18-15)17-10-6-12-20-11-5-4-9-16(17)20;1-10-9-16(14-13-10)12-6-4-8-15-7-3-2-5-11(12)15;10-12-11-8-4-3-7-13-6-2-1-5-9(8)13;1-3-2/h6-9,12,16-17H,1-5,10-11H2;1-3,7-8,13,16-17H,4-6,9-12H2;9,11-12H,2-8H2,1H3;8-9H,1-7H2;1H,2H3/t2*16-,17?;11-,12?;8?,9-;/m1111./s1. The van der Waals surface area contributed by atoms with E-state index in [2.05, 4.69) is 119 Å². The van der Waals surface area contributed by atoms with E-state index in [1.54, 1.807) is 19.1 Å². The van der Waals surface area contributed by atoms with Gasteiger partial charge in [-0.25, -0.2) is 18.4 Å². The van der Waals surface area contributed by atoms with Gasteiger partial charge in [-0.15, -0.1) is 27.6 Å². The lowest BCUT2D eigenvalue weighted by atomic mass is 9.89. The molecule has 0 amide bonds. The lowest BCUT2D eigenvalue weighted by molar-refractivity contribution is 0.0587. The van der Waals surface area contributed by atoms with E-state index in [-0.39, 0.29) is 11.9 Å². The Bertz CT molecular complexity index is 2560. The Morgan fingerprint density at radius 1 is 0.493 bits per heavy atom. The Morgan fingerprint density at radius 2 is 0.867 bits per heavy atom. The highest BCUT2D eigenvalue weighted by molar-refractivity contribution is 5.58. The first kappa shape index (κ1) is 54.3. The van der Waals surface area contributed by atoms with Crippen molar-refractivity contribution in [3.63, 3.8) is 0 Å². The molecule has 0 radical (unpaired) electrons. The van der Waals surface area contributed by atoms with E-state index in [0.717, 1.165) is 34.6 Å². The summed E-state index contributed by atoms with van der Waals surface area (Å²) in [6.45, 7) is 13.6. The van der Waals surface area contributed by atoms with E-state index < -0.39 is 0 Å². The summed E-state index contributed by atoms with van der Waals surface area (Å²) >= 11 is 0. The summed E-state index contributed by atoms with van der Waals surface area (Å²) in [4.78, 5) is 13.4. The average molecular weight is 1020 g/mol. The van der Waals surface area contributed by atoms with Crippen molar-refractivity contribution in [1.82, 2.24) is 64.6 Å². The number of nitrogens with zero attached hydrogens (tertiary/aromatic N) is 16. The van der Waals surface area contributed by atoms with E-state index in [1.807, 2.05) is 23.9 Å². The second-order valence-corrected chi connectivity index (χ2v) is 22.1. The predicted molar refractivity (Wildman–Crippen MR) is 294 cm³/mol. The molecule has 17 heteroatoms. The smallest absolute Gasteiger partial charge is 0.123 e. The normalized spacial score (nSPS) is 27.8. The fraction of sp³-hybridized carbons (Fsp3) is 0.655. The lowest BCUT2D eigenvalue weighted by Gasteiger charge is -2.44. The number of fused-ring (bicyclic) bond motifs is 4. The van der Waals surface area contributed by atoms with Gasteiger partial charge in [-0.05, 0) is 199 Å². The SMILES string of the molecule is C#CC.Cc1cn(C2CCCN3CCCC[C@H]23)nn1.Fc1ccc(-c2cn(C3CCCN4CCCC[C@H]34)nn2)cc1.[N-]=[N+]=NC1CCCN2CCCC[C@H]12.c1ccc(-c2cn(C3CCCN4CCCC[C@H]34)nn2)cc1. The van der Waals surface area contributed by atoms with Gasteiger partial charge in [-0.2, -0.15) is 0 Å². The first-order valence-corrected chi connectivity index (χ1v) is 28.8. The second-order valence-electron chi connectivity index (χ2n) is 22.1. The first-order valence-electron chi connectivity index (χ1n) is 28.8. The molecule has 0 N–H and O–H groups in total. The molecular weight excluding hydrogens is 940 g/mol. The largest absolute Gasteiger partial charge is 0.300 e. The minimum Gasteiger partial charge on any atom is -0.300 e. The van der Waals surface area contributed by atoms with Crippen molar-refractivity contribution >= 4 is 0 Å². The summed E-state index contributed by atoms with van der Waals surface area (Å²) in [6, 6.07) is 21.1. The zero-order valence-corrected chi connectivity index (χ0v) is 45.0. The van der Waals surface area contributed by atoms with Gasteiger partial charge >= 0.3 is 0 Å². The van der Waals surface area contributed by atoms with Crippen molar-refractivity contribution < 1.29 is 4.39 Å². The number of hydrogen-bond acceptors (Lipinski definition) is 11. The lowest BCUT2D eigenvalue weighted by Crippen LogP contribution is -2.49. The number of halogens is 1. The van der Waals surface area contributed by atoms with Crippen molar-refractivity contribution in [3.8, 4) is 34.9 Å². The molecule has 16 nitrogen and oxygen atoms in total. The molecule has 0 spiro atoms. The Morgan fingerprint density at radius 3 is 1.31 bits per heavy atom. The number of hydrogen-bond donors (Lipinski definition) is 0. The van der Waals surface area contributed by atoms with E-state index in [1.165, 1.54) is 186 Å². The highest BCUT2D eigenvalue weighted by Crippen LogP contribution is 2.37. The molecule has 2 aromatic carbocycles. The molecule has 8 atom stereocenters. The number of terminal acetylenes is 1. The number of azide groups is 1. The number of benzene rings is 2. The molecule has 13 rings (SSSR count). The summed E-state index contributed by atoms with van der Waals surface area (Å²) in [5, 5.41) is 29.8. The minimum atomic E-state index is -0.221. The van der Waals surface area contributed by atoms with Crippen molar-refractivity contribution in [2.75, 3.05) is 52.4 Å².